The van der Waals surface area contributed by atoms with E-state index < -0.39 is 0 Å². The van der Waals surface area contributed by atoms with E-state index in [0.29, 0.717) is 4.99 Å². The van der Waals surface area contributed by atoms with Crippen LogP contribution in [0.3, 0.4) is 0 Å². The van der Waals surface area contributed by atoms with Gasteiger partial charge in [0.1, 0.15) is 4.99 Å². The second-order valence-corrected chi connectivity index (χ2v) is 4.35. The average molecular weight is 253 g/mol. The molecule has 1 heterocycles. The molecule has 0 bridgehead atoms. The zero-order valence-electron chi connectivity index (χ0n) is 10.5. The summed E-state index contributed by atoms with van der Waals surface area (Å²) in [6.07, 6.45) is 0.938. The Morgan fingerprint density at radius 2 is 2.24 bits per heavy atom. The van der Waals surface area contributed by atoms with Crippen molar-refractivity contribution in [3.05, 3.63) is 23.0 Å². The molecule has 1 rings (SSSR count). The Balaban J connectivity index is 2.85. The summed E-state index contributed by atoms with van der Waals surface area (Å²) in [5.41, 5.74) is 9.34. The Morgan fingerprint density at radius 3 is 2.82 bits per heavy atom. The number of nitrogens with two attached hydrogens (primary N) is 1. The molecule has 0 fully saturated rings. The monoisotopic (exact) mass is 253 g/mol. The van der Waals surface area contributed by atoms with Gasteiger partial charge in [-0.3, -0.25) is 4.98 Å². The molecule has 0 aliphatic rings. The predicted octanol–water partition coefficient (Wildman–Crippen LogP) is 1.78. The van der Waals surface area contributed by atoms with E-state index in [1.807, 2.05) is 19.9 Å². The number of hydrogen-bond acceptors (Lipinski definition) is 4. The van der Waals surface area contributed by atoms with Gasteiger partial charge in [0.2, 0.25) is 0 Å². The number of nitrogens with one attached hydrogen (secondary N) is 1. The number of rotatable bonds is 6. The summed E-state index contributed by atoms with van der Waals surface area (Å²) in [5.74, 6) is 0. The van der Waals surface area contributed by atoms with Gasteiger partial charge in [0.15, 0.2) is 0 Å². The van der Waals surface area contributed by atoms with Gasteiger partial charge in [0.05, 0.1) is 5.56 Å². The Kier molecular flexibility index (Phi) is 5.31. The summed E-state index contributed by atoms with van der Waals surface area (Å²) < 4.78 is 5.00. The Morgan fingerprint density at radius 1 is 1.53 bits per heavy atom. The number of hydrogen-bond donors (Lipinski definition) is 2. The van der Waals surface area contributed by atoms with E-state index in [0.717, 1.165) is 42.2 Å². The number of aryl methyl sites for hydroxylation is 2. The maximum Gasteiger partial charge on any atom is 0.107 e. The van der Waals surface area contributed by atoms with Crippen LogP contribution in [0.2, 0.25) is 0 Å². The molecule has 0 aliphatic carbocycles. The van der Waals surface area contributed by atoms with Crippen LogP contribution in [0.1, 0.15) is 23.4 Å². The van der Waals surface area contributed by atoms with Crippen LogP contribution >= 0.6 is 12.2 Å². The number of anilines is 1. The highest BCUT2D eigenvalue weighted by atomic mass is 32.1. The lowest BCUT2D eigenvalue weighted by Crippen LogP contribution is -2.17. The molecule has 5 heteroatoms. The van der Waals surface area contributed by atoms with E-state index >= 15 is 0 Å². The molecule has 94 valence electrons. The maximum absolute atomic E-state index is 5.72. The largest absolute Gasteiger partial charge is 0.389 e. The summed E-state index contributed by atoms with van der Waals surface area (Å²) in [6, 6.07) is 1.97. The molecule has 1 aromatic heterocycles. The lowest BCUT2D eigenvalue weighted by molar-refractivity contribution is 0.198. The first-order chi connectivity index (χ1) is 8.06. The van der Waals surface area contributed by atoms with E-state index in [-0.39, 0.29) is 0 Å². The molecule has 1 aromatic rings. The fraction of sp³-hybridized carbons (Fsp3) is 0.500. The third-order valence-electron chi connectivity index (χ3n) is 2.42. The van der Waals surface area contributed by atoms with Crippen molar-refractivity contribution >= 4 is 22.9 Å². The van der Waals surface area contributed by atoms with Gasteiger partial charge in [-0.25, -0.2) is 0 Å². The standard InChI is InChI=1S/C12H19N3OS/c1-8-7-10(14-5-4-6-16-3)11(12(13)17)9(2)15-8/h7H,4-6H2,1-3H3,(H2,13,17)(H,14,15). The molecule has 0 amide bonds. The number of thiocarbonyl (C=S) groups is 1. The molecule has 0 atom stereocenters. The van der Waals surface area contributed by atoms with Crippen LogP contribution < -0.4 is 11.1 Å². The SMILES string of the molecule is COCCCNc1cc(C)nc(C)c1C(N)=S. The quantitative estimate of drug-likeness (QED) is 0.598. The van der Waals surface area contributed by atoms with Crippen molar-refractivity contribution in [3.63, 3.8) is 0 Å². The first kappa shape index (κ1) is 13.9. The highest BCUT2D eigenvalue weighted by Crippen LogP contribution is 2.19. The highest BCUT2D eigenvalue weighted by molar-refractivity contribution is 7.80. The van der Waals surface area contributed by atoms with Crippen LogP contribution in [-0.2, 0) is 4.74 Å². The molecule has 4 nitrogen and oxygen atoms in total. The minimum absolute atomic E-state index is 0.379. The normalized spacial score (nSPS) is 10.3. The predicted molar refractivity (Wildman–Crippen MR) is 74.6 cm³/mol. The second-order valence-electron chi connectivity index (χ2n) is 3.91. The van der Waals surface area contributed by atoms with E-state index in [1.165, 1.54) is 0 Å². The first-order valence-corrected chi connectivity index (χ1v) is 5.98. The number of methoxy groups -OCH3 is 1. The van der Waals surface area contributed by atoms with Crippen LogP contribution in [0.4, 0.5) is 5.69 Å². The van der Waals surface area contributed by atoms with Gasteiger partial charge < -0.3 is 15.8 Å². The number of nitrogens with zero attached hydrogens (tertiary/aromatic N) is 1. The summed E-state index contributed by atoms with van der Waals surface area (Å²) in [4.78, 5) is 4.75. The second kappa shape index (κ2) is 6.51. The number of pyridine rings is 1. The lowest BCUT2D eigenvalue weighted by atomic mass is 10.1. The molecule has 0 spiro atoms. The summed E-state index contributed by atoms with van der Waals surface area (Å²) in [5, 5.41) is 3.32. The lowest BCUT2D eigenvalue weighted by Gasteiger charge is -2.14. The van der Waals surface area contributed by atoms with Crippen molar-refractivity contribution in [1.29, 1.82) is 0 Å². The van der Waals surface area contributed by atoms with E-state index in [2.05, 4.69) is 10.3 Å². The smallest absolute Gasteiger partial charge is 0.107 e. The van der Waals surface area contributed by atoms with Gasteiger partial charge in [-0.15, -0.1) is 0 Å². The molecule has 0 radical (unpaired) electrons. The van der Waals surface area contributed by atoms with E-state index in [1.54, 1.807) is 7.11 Å². The zero-order valence-corrected chi connectivity index (χ0v) is 11.4. The van der Waals surface area contributed by atoms with Crippen molar-refractivity contribution in [1.82, 2.24) is 4.98 Å². The highest BCUT2D eigenvalue weighted by Gasteiger charge is 2.10. The van der Waals surface area contributed by atoms with Crippen molar-refractivity contribution in [2.75, 3.05) is 25.6 Å². The topological polar surface area (TPSA) is 60.2 Å². The van der Waals surface area contributed by atoms with Gasteiger partial charge in [-0.05, 0) is 26.3 Å². The summed E-state index contributed by atoms with van der Waals surface area (Å²) >= 11 is 5.06. The third-order valence-corrected chi connectivity index (χ3v) is 2.62. The van der Waals surface area contributed by atoms with E-state index in [4.69, 9.17) is 22.7 Å². The summed E-state index contributed by atoms with van der Waals surface area (Å²) in [7, 11) is 1.70. The molecule has 3 N–H and O–H groups in total. The van der Waals surface area contributed by atoms with Crippen molar-refractivity contribution < 1.29 is 4.74 Å². The van der Waals surface area contributed by atoms with Gasteiger partial charge in [0, 0.05) is 37.3 Å². The van der Waals surface area contributed by atoms with Crippen molar-refractivity contribution in [2.24, 2.45) is 5.73 Å². The number of aromatic nitrogens is 1. The minimum Gasteiger partial charge on any atom is -0.389 e. The Hall–Kier alpha value is -1.20. The Bertz CT molecular complexity index is 407. The van der Waals surface area contributed by atoms with Crippen molar-refractivity contribution in [2.45, 2.75) is 20.3 Å². The first-order valence-electron chi connectivity index (χ1n) is 5.57. The van der Waals surface area contributed by atoms with Crippen LogP contribution in [0, 0.1) is 13.8 Å². The zero-order chi connectivity index (χ0) is 12.8. The van der Waals surface area contributed by atoms with Gasteiger partial charge in [-0.2, -0.15) is 0 Å². The van der Waals surface area contributed by atoms with Crippen LogP contribution in [0.25, 0.3) is 0 Å². The molecule has 0 aliphatic heterocycles. The van der Waals surface area contributed by atoms with Gasteiger partial charge in [0.25, 0.3) is 0 Å². The fourth-order valence-electron chi connectivity index (χ4n) is 1.72. The van der Waals surface area contributed by atoms with E-state index in [9.17, 15) is 0 Å². The number of ether oxygens (including phenoxy) is 1. The summed E-state index contributed by atoms with van der Waals surface area (Å²) in [6.45, 7) is 5.43. The molecule has 0 saturated carbocycles. The van der Waals surface area contributed by atoms with Crippen LogP contribution in [-0.4, -0.2) is 30.2 Å². The molecular formula is C12H19N3OS. The van der Waals surface area contributed by atoms with Crippen LogP contribution in [0.5, 0.6) is 0 Å². The Labute approximate surface area is 108 Å². The molecular weight excluding hydrogens is 234 g/mol. The van der Waals surface area contributed by atoms with Gasteiger partial charge >= 0.3 is 0 Å². The van der Waals surface area contributed by atoms with Crippen LogP contribution in [0.15, 0.2) is 6.07 Å². The maximum atomic E-state index is 5.72. The van der Waals surface area contributed by atoms with Crippen molar-refractivity contribution in [3.8, 4) is 0 Å². The molecule has 0 unspecified atom stereocenters. The van der Waals surface area contributed by atoms with Gasteiger partial charge in [-0.1, -0.05) is 12.2 Å². The third kappa shape index (κ3) is 3.94. The molecule has 17 heavy (non-hydrogen) atoms. The molecule has 0 aromatic carbocycles. The minimum atomic E-state index is 0.379. The fourth-order valence-corrected chi connectivity index (χ4v) is 1.98. The average Bonchev–Trinajstić information content (AvgIpc) is 2.22. The molecule has 0 saturated heterocycles.